The van der Waals surface area contributed by atoms with Crippen LogP contribution < -0.4 is 10.9 Å². The van der Waals surface area contributed by atoms with Gasteiger partial charge in [-0.15, -0.1) is 11.3 Å². The average Bonchev–Trinajstić information content (AvgIpc) is 3.09. The molecule has 0 aliphatic heterocycles. The van der Waals surface area contributed by atoms with Crippen molar-refractivity contribution in [3.05, 3.63) is 75.5 Å². The molecule has 0 spiro atoms. The second-order valence-corrected chi connectivity index (χ2v) is 6.13. The Morgan fingerprint density at radius 1 is 1.19 bits per heavy atom. The van der Waals surface area contributed by atoms with Crippen LogP contribution in [0.5, 0.6) is 0 Å². The van der Waals surface area contributed by atoms with E-state index in [0.717, 1.165) is 5.56 Å². The van der Waals surface area contributed by atoms with E-state index in [0.29, 0.717) is 10.7 Å². The summed E-state index contributed by atoms with van der Waals surface area (Å²) in [6.45, 7) is 0. The highest BCUT2D eigenvalue weighted by molar-refractivity contribution is 7.13. The van der Waals surface area contributed by atoms with Gasteiger partial charge in [0.1, 0.15) is 16.5 Å². The van der Waals surface area contributed by atoms with E-state index in [-0.39, 0.29) is 29.5 Å². The minimum absolute atomic E-state index is 0.00528. The number of hydrogen-bond donors (Lipinski definition) is 2. The van der Waals surface area contributed by atoms with Gasteiger partial charge in [0, 0.05) is 17.0 Å². The number of anilines is 1. The van der Waals surface area contributed by atoms with Crippen LogP contribution in [0, 0.1) is 15.9 Å². The van der Waals surface area contributed by atoms with E-state index in [2.05, 4.69) is 15.8 Å². The third kappa shape index (κ3) is 4.19. The molecule has 0 bridgehead atoms. The van der Waals surface area contributed by atoms with Gasteiger partial charge in [0.25, 0.3) is 5.69 Å². The minimum atomic E-state index is -0.538. The molecule has 0 aliphatic carbocycles. The van der Waals surface area contributed by atoms with Crippen molar-refractivity contribution < 1.29 is 14.1 Å². The van der Waals surface area contributed by atoms with Crippen molar-refractivity contribution in [2.45, 2.75) is 6.42 Å². The molecule has 3 aromatic rings. The lowest BCUT2D eigenvalue weighted by Crippen LogP contribution is -2.31. The van der Waals surface area contributed by atoms with Crippen LogP contribution in [-0.2, 0) is 11.2 Å². The van der Waals surface area contributed by atoms with Crippen LogP contribution >= 0.6 is 11.3 Å². The van der Waals surface area contributed by atoms with Crippen molar-refractivity contribution in [1.82, 2.24) is 10.4 Å². The molecule has 7 nitrogen and oxygen atoms in total. The first-order valence-electron chi connectivity index (χ1n) is 7.51. The largest absolute Gasteiger partial charge is 0.294 e. The summed E-state index contributed by atoms with van der Waals surface area (Å²) in [4.78, 5) is 26.8. The van der Waals surface area contributed by atoms with Crippen LogP contribution in [0.3, 0.4) is 0 Å². The number of nitro groups is 1. The molecule has 0 saturated heterocycles. The van der Waals surface area contributed by atoms with E-state index in [1.807, 2.05) is 0 Å². The van der Waals surface area contributed by atoms with E-state index in [1.54, 1.807) is 23.6 Å². The van der Waals surface area contributed by atoms with Crippen LogP contribution in [0.1, 0.15) is 5.69 Å². The number of nitrogens with one attached hydrogen (secondary N) is 2. The predicted molar refractivity (Wildman–Crippen MR) is 96.1 cm³/mol. The van der Waals surface area contributed by atoms with Crippen molar-refractivity contribution in [1.29, 1.82) is 0 Å². The number of carbonyl (C=O) groups is 1. The SMILES string of the molecule is O=C(Cc1csc(-c2ccc(F)cc2)n1)NNc1ccccc1[N+](=O)[O-]. The summed E-state index contributed by atoms with van der Waals surface area (Å²) < 4.78 is 13.0. The Labute approximate surface area is 151 Å². The third-order valence-electron chi connectivity index (χ3n) is 3.42. The second-order valence-electron chi connectivity index (χ2n) is 5.28. The van der Waals surface area contributed by atoms with Crippen LogP contribution in [0.15, 0.2) is 53.9 Å². The van der Waals surface area contributed by atoms with E-state index in [9.17, 15) is 19.3 Å². The van der Waals surface area contributed by atoms with Crippen molar-refractivity contribution >= 4 is 28.6 Å². The van der Waals surface area contributed by atoms with Crippen molar-refractivity contribution in [2.24, 2.45) is 0 Å². The molecule has 2 N–H and O–H groups in total. The number of aromatic nitrogens is 1. The van der Waals surface area contributed by atoms with Gasteiger partial charge in [-0.2, -0.15) is 0 Å². The fourth-order valence-electron chi connectivity index (χ4n) is 2.20. The number of halogens is 1. The summed E-state index contributed by atoms with van der Waals surface area (Å²) >= 11 is 1.35. The molecule has 0 atom stereocenters. The number of hydrazine groups is 1. The molecule has 26 heavy (non-hydrogen) atoms. The number of carbonyl (C=O) groups excluding carboxylic acids is 1. The average molecular weight is 372 g/mol. The Kier molecular flexibility index (Phi) is 5.18. The molecule has 132 valence electrons. The Morgan fingerprint density at radius 2 is 1.92 bits per heavy atom. The zero-order chi connectivity index (χ0) is 18.5. The Hall–Kier alpha value is -3.33. The highest BCUT2D eigenvalue weighted by Gasteiger charge is 2.14. The quantitative estimate of drug-likeness (QED) is 0.509. The van der Waals surface area contributed by atoms with Crippen LogP contribution in [0.2, 0.25) is 0 Å². The predicted octanol–water partition coefficient (Wildman–Crippen LogP) is 3.54. The lowest BCUT2D eigenvalue weighted by atomic mass is 10.2. The topological polar surface area (TPSA) is 97.2 Å². The smallest absolute Gasteiger partial charge is 0.292 e. The van der Waals surface area contributed by atoms with Crippen LogP contribution in [-0.4, -0.2) is 15.8 Å². The van der Waals surface area contributed by atoms with Gasteiger partial charge in [-0.3, -0.25) is 25.8 Å². The maximum Gasteiger partial charge on any atom is 0.294 e. The molecular formula is C17H13FN4O3S. The summed E-state index contributed by atoms with van der Waals surface area (Å²) in [5.41, 5.74) is 6.34. The van der Waals surface area contributed by atoms with Gasteiger partial charge in [0.05, 0.1) is 17.0 Å². The molecule has 0 fully saturated rings. The number of hydrogen-bond acceptors (Lipinski definition) is 6. The van der Waals surface area contributed by atoms with Gasteiger partial charge >= 0.3 is 0 Å². The van der Waals surface area contributed by atoms with Gasteiger partial charge in [0.15, 0.2) is 0 Å². The maximum atomic E-state index is 13.0. The molecule has 2 aromatic carbocycles. The van der Waals surface area contributed by atoms with Crippen molar-refractivity contribution in [3.8, 4) is 10.6 Å². The molecule has 1 heterocycles. The van der Waals surface area contributed by atoms with Gasteiger partial charge in [-0.1, -0.05) is 12.1 Å². The van der Waals surface area contributed by atoms with Gasteiger partial charge in [-0.25, -0.2) is 9.37 Å². The molecule has 9 heteroatoms. The Morgan fingerprint density at radius 3 is 2.65 bits per heavy atom. The number of amides is 1. The van der Waals surface area contributed by atoms with Crippen LogP contribution in [0.4, 0.5) is 15.8 Å². The first-order chi connectivity index (χ1) is 12.5. The fourth-order valence-corrected chi connectivity index (χ4v) is 3.02. The summed E-state index contributed by atoms with van der Waals surface area (Å²) in [7, 11) is 0. The van der Waals surface area contributed by atoms with E-state index in [4.69, 9.17) is 0 Å². The van der Waals surface area contributed by atoms with Crippen LogP contribution in [0.25, 0.3) is 10.6 Å². The first kappa shape index (κ1) is 17.5. The lowest BCUT2D eigenvalue weighted by molar-refractivity contribution is -0.384. The third-order valence-corrected chi connectivity index (χ3v) is 4.36. The highest BCUT2D eigenvalue weighted by atomic mass is 32.1. The summed E-state index contributed by atoms with van der Waals surface area (Å²) in [6, 6.07) is 11.9. The molecule has 1 aromatic heterocycles. The second kappa shape index (κ2) is 7.70. The molecule has 0 aliphatic rings. The normalized spacial score (nSPS) is 10.3. The molecule has 0 saturated carbocycles. The zero-order valence-electron chi connectivity index (χ0n) is 13.3. The van der Waals surface area contributed by atoms with E-state index in [1.165, 1.54) is 41.7 Å². The lowest BCUT2D eigenvalue weighted by Gasteiger charge is -2.08. The van der Waals surface area contributed by atoms with Gasteiger partial charge in [0.2, 0.25) is 5.91 Å². The zero-order valence-corrected chi connectivity index (χ0v) is 14.1. The number of nitro benzene ring substituents is 1. The summed E-state index contributed by atoms with van der Waals surface area (Å²) in [6.07, 6.45) is 0.00528. The summed E-state index contributed by atoms with van der Waals surface area (Å²) in [5, 5.41) is 13.4. The number of rotatable bonds is 6. The number of nitrogens with zero attached hydrogens (tertiary/aromatic N) is 2. The monoisotopic (exact) mass is 372 g/mol. The Bertz CT molecular complexity index is 943. The fraction of sp³-hybridized carbons (Fsp3) is 0.0588. The van der Waals surface area contributed by atoms with Crippen molar-refractivity contribution in [3.63, 3.8) is 0 Å². The number of thiazole rings is 1. The highest BCUT2D eigenvalue weighted by Crippen LogP contribution is 2.24. The van der Waals surface area contributed by atoms with E-state index >= 15 is 0 Å². The maximum absolute atomic E-state index is 13.0. The molecule has 3 rings (SSSR count). The Balaban J connectivity index is 1.61. The number of para-hydroxylation sites is 2. The van der Waals surface area contributed by atoms with Gasteiger partial charge in [-0.05, 0) is 30.3 Å². The molecule has 0 radical (unpaired) electrons. The van der Waals surface area contributed by atoms with Gasteiger partial charge < -0.3 is 0 Å². The molecule has 0 unspecified atom stereocenters. The molecule has 1 amide bonds. The minimum Gasteiger partial charge on any atom is -0.292 e. The number of benzene rings is 2. The first-order valence-corrected chi connectivity index (χ1v) is 8.39. The molecular weight excluding hydrogens is 359 g/mol. The summed E-state index contributed by atoms with van der Waals surface area (Å²) in [5.74, 6) is -0.718. The van der Waals surface area contributed by atoms with Crippen molar-refractivity contribution in [2.75, 3.05) is 5.43 Å². The van der Waals surface area contributed by atoms with E-state index < -0.39 is 4.92 Å². The standard InChI is InChI=1S/C17H13FN4O3S/c18-12-7-5-11(6-8-12)17-19-13(10-26-17)9-16(23)21-20-14-3-1-2-4-15(14)22(24)25/h1-8,10,20H,9H2,(H,21,23).